The van der Waals surface area contributed by atoms with Crippen LogP contribution in [-0.4, -0.2) is 19.3 Å². The van der Waals surface area contributed by atoms with Gasteiger partial charge in [0.05, 0.1) is 16.6 Å². The first-order valence-corrected chi connectivity index (χ1v) is 7.71. The van der Waals surface area contributed by atoms with Crippen LogP contribution in [0.2, 0.25) is 0 Å². The molecule has 1 heterocycles. The maximum absolute atomic E-state index is 12.2. The van der Waals surface area contributed by atoms with Crippen LogP contribution in [0.3, 0.4) is 0 Å². The van der Waals surface area contributed by atoms with Gasteiger partial charge >= 0.3 is 0 Å². The number of amides is 1. The van der Waals surface area contributed by atoms with Gasteiger partial charge in [-0.15, -0.1) is 0 Å². The highest BCUT2D eigenvalue weighted by molar-refractivity contribution is 7.89. The number of hydrogen-bond donors (Lipinski definition) is 2. The maximum atomic E-state index is 12.2. The number of carbonyl (C=O) groups is 1. The van der Waals surface area contributed by atoms with E-state index in [1.165, 1.54) is 24.3 Å². The summed E-state index contributed by atoms with van der Waals surface area (Å²) < 4.78 is 27.0. The van der Waals surface area contributed by atoms with E-state index in [1.807, 2.05) is 0 Å². The normalized spacial score (nSPS) is 12.8. The zero-order valence-corrected chi connectivity index (χ0v) is 12.2. The van der Waals surface area contributed by atoms with E-state index in [1.54, 1.807) is 31.3 Å². The SMILES string of the molecule is C[C@@H](NS(=O)(=O)c1ccc(C(N)=O)cc1)c1ccccn1. The van der Waals surface area contributed by atoms with Crippen LogP contribution in [-0.2, 0) is 10.0 Å². The molecule has 1 aromatic heterocycles. The molecule has 0 fully saturated rings. The van der Waals surface area contributed by atoms with Crippen LogP contribution >= 0.6 is 0 Å². The Kier molecular flexibility index (Phi) is 4.35. The number of pyridine rings is 1. The molecule has 0 aliphatic rings. The Morgan fingerprint density at radius 2 is 1.86 bits per heavy atom. The molecule has 0 aliphatic heterocycles. The number of nitrogens with two attached hydrogens (primary N) is 1. The van der Waals surface area contributed by atoms with E-state index < -0.39 is 22.0 Å². The van der Waals surface area contributed by atoms with Crippen molar-refractivity contribution < 1.29 is 13.2 Å². The molecule has 0 saturated carbocycles. The number of hydrogen-bond acceptors (Lipinski definition) is 4. The number of nitrogens with zero attached hydrogens (tertiary/aromatic N) is 1. The molecule has 3 N–H and O–H groups in total. The van der Waals surface area contributed by atoms with Crippen LogP contribution in [0.1, 0.15) is 29.0 Å². The molecule has 2 rings (SSSR count). The molecule has 0 aliphatic carbocycles. The number of primary amides is 1. The highest BCUT2D eigenvalue weighted by atomic mass is 32.2. The first-order chi connectivity index (χ1) is 9.90. The third-order valence-corrected chi connectivity index (χ3v) is 4.47. The molecular formula is C14H15N3O3S. The van der Waals surface area contributed by atoms with Crippen molar-refractivity contribution in [3.05, 3.63) is 59.9 Å². The quantitative estimate of drug-likeness (QED) is 0.867. The molecule has 1 atom stereocenters. The largest absolute Gasteiger partial charge is 0.366 e. The fourth-order valence-electron chi connectivity index (χ4n) is 1.79. The molecule has 1 amide bonds. The van der Waals surface area contributed by atoms with E-state index in [-0.39, 0.29) is 10.5 Å². The van der Waals surface area contributed by atoms with Crippen LogP contribution in [0.5, 0.6) is 0 Å². The Morgan fingerprint density at radius 3 is 2.38 bits per heavy atom. The van der Waals surface area contributed by atoms with Crippen molar-refractivity contribution in [2.75, 3.05) is 0 Å². The number of benzene rings is 1. The second kappa shape index (κ2) is 6.02. The average Bonchev–Trinajstić information content (AvgIpc) is 2.48. The minimum Gasteiger partial charge on any atom is -0.366 e. The zero-order chi connectivity index (χ0) is 15.5. The van der Waals surface area contributed by atoms with Crippen LogP contribution in [0, 0.1) is 0 Å². The summed E-state index contributed by atoms with van der Waals surface area (Å²) in [6.07, 6.45) is 1.60. The lowest BCUT2D eigenvalue weighted by Gasteiger charge is -2.13. The standard InChI is InChI=1S/C14H15N3O3S/c1-10(13-4-2-3-9-16-13)17-21(19,20)12-7-5-11(6-8-12)14(15)18/h2-10,17H,1H3,(H2,15,18)/t10-/m1/s1. The lowest BCUT2D eigenvalue weighted by atomic mass is 10.2. The number of rotatable bonds is 5. The molecule has 110 valence electrons. The molecule has 0 unspecified atom stereocenters. The van der Waals surface area contributed by atoms with Gasteiger partial charge in [-0.05, 0) is 43.3 Å². The fourth-order valence-corrected chi connectivity index (χ4v) is 3.01. The second-order valence-electron chi connectivity index (χ2n) is 4.49. The van der Waals surface area contributed by atoms with E-state index in [2.05, 4.69) is 9.71 Å². The van der Waals surface area contributed by atoms with E-state index in [9.17, 15) is 13.2 Å². The van der Waals surface area contributed by atoms with Crippen molar-refractivity contribution in [3.63, 3.8) is 0 Å². The van der Waals surface area contributed by atoms with Gasteiger partial charge in [0, 0.05) is 11.8 Å². The van der Waals surface area contributed by atoms with Gasteiger partial charge < -0.3 is 5.73 Å². The monoisotopic (exact) mass is 305 g/mol. The topological polar surface area (TPSA) is 102 Å². The van der Waals surface area contributed by atoms with E-state index in [4.69, 9.17) is 5.73 Å². The van der Waals surface area contributed by atoms with Crippen molar-refractivity contribution in [1.29, 1.82) is 0 Å². The molecular weight excluding hydrogens is 290 g/mol. The molecule has 0 saturated heterocycles. The van der Waals surface area contributed by atoms with Gasteiger partial charge in [0.25, 0.3) is 0 Å². The van der Waals surface area contributed by atoms with Crippen LogP contribution in [0.15, 0.2) is 53.6 Å². The molecule has 2 aromatic rings. The highest BCUT2D eigenvalue weighted by Crippen LogP contribution is 2.15. The van der Waals surface area contributed by atoms with Gasteiger partial charge in [0.1, 0.15) is 0 Å². The first-order valence-electron chi connectivity index (χ1n) is 6.23. The smallest absolute Gasteiger partial charge is 0.248 e. The van der Waals surface area contributed by atoms with Gasteiger partial charge in [-0.25, -0.2) is 13.1 Å². The summed E-state index contributed by atoms with van der Waals surface area (Å²) in [5, 5.41) is 0. The summed E-state index contributed by atoms with van der Waals surface area (Å²) in [7, 11) is -3.69. The second-order valence-corrected chi connectivity index (χ2v) is 6.20. The van der Waals surface area contributed by atoms with Crippen molar-refractivity contribution >= 4 is 15.9 Å². The Hall–Kier alpha value is -2.25. The Balaban J connectivity index is 2.20. The first kappa shape index (κ1) is 15.1. The van der Waals surface area contributed by atoms with E-state index in [0.29, 0.717) is 5.69 Å². The Morgan fingerprint density at radius 1 is 1.19 bits per heavy atom. The summed E-state index contributed by atoms with van der Waals surface area (Å²) in [6.45, 7) is 1.71. The number of aromatic nitrogens is 1. The van der Waals surface area contributed by atoms with Crippen LogP contribution in [0.4, 0.5) is 0 Å². The Bertz CT molecular complexity index is 728. The molecule has 0 radical (unpaired) electrons. The number of nitrogens with one attached hydrogen (secondary N) is 1. The average molecular weight is 305 g/mol. The lowest BCUT2D eigenvalue weighted by molar-refractivity contribution is 0.1000. The highest BCUT2D eigenvalue weighted by Gasteiger charge is 2.19. The van der Waals surface area contributed by atoms with Gasteiger partial charge in [0.2, 0.25) is 15.9 Å². The molecule has 0 bridgehead atoms. The Labute approximate surface area is 123 Å². The lowest BCUT2D eigenvalue weighted by Crippen LogP contribution is -2.27. The van der Waals surface area contributed by atoms with Crippen LogP contribution < -0.4 is 10.5 Å². The van der Waals surface area contributed by atoms with Gasteiger partial charge in [-0.3, -0.25) is 9.78 Å². The summed E-state index contributed by atoms with van der Waals surface area (Å²) in [5.41, 5.74) is 5.99. The van der Waals surface area contributed by atoms with Crippen molar-refractivity contribution in [2.45, 2.75) is 17.9 Å². The number of carbonyl (C=O) groups excluding carboxylic acids is 1. The van der Waals surface area contributed by atoms with Gasteiger partial charge in [-0.1, -0.05) is 6.07 Å². The molecule has 21 heavy (non-hydrogen) atoms. The van der Waals surface area contributed by atoms with Crippen molar-refractivity contribution in [3.8, 4) is 0 Å². The number of sulfonamides is 1. The predicted octanol–water partition coefficient (Wildman–Crippen LogP) is 1.22. The minimum absolute atomic E-state index is 0.0651. The van der Waals surface area contributed by atoms with E-state index >= 15 is 0 Å². The molecule has 7 heteroatoms. The summed E-state index contributed by atoms with van der Waals surface area (Å²) >= 11 is 0. The third kappa shape index (κ3) is 3.65. The van der Waals surface area contributed by atoms with Crippen molar-refractivity contribution in [2.24, 2.45) is 5.73 Å². The summed E-state index contributed by atoms with van der Waals surface area (Å²) in [6, 6.07) is 10.3. The molecule has 0 spiro atoms. The fraction of sp³-hybridized carbons (Fsp3) is 0.143. The minimum atomic E-state index is -3.69. The summed E-state index contributed by atoms with van der Waals surface area (Å²) in [5.74, 6) is -0.603. The van der Waals surface area contributed by atoms with Gasteiger partial charge in [0.15, 0.2) is 0 Å². The molecule has 1 aromatic carbocycles. The van der Waals surface area contributed by atoms with Crippen molar-refractivity contribution in [1.82, 2.24) is 9.71 Å². The zero-order valence-electron chi connectivity index (χ0n) is 11.4. The van der Waals surface area contributed by atoms with E-state index in [0.717, 1.165) is 0 Å². The third-order valence-electron chi connectivity index (χ3n) is 2.91. The van der Waals surface area contributed by atoms with Gasteiger partial charge in [-0.2, -0.15) is 0 Å². The predicted molar refractivity (Wildman–Crippen MR) is 77.9 cm³/mol. The summed E-state index contributed by atoms with van der Waals surface area (Å²) in [4.78, 5) is 15.1. The van der Waals surface area contributed by atoms with Crippen LogP contribution in [0.25, 0.3) is 0 Å². The molecule has 6 nitrogen and oxygen atoms in total. The maximum Gasteiger partial charge on any atom is 0.248 e.